The van der Waals surface area contributed by atoms with E-state index in [1.807, 2.05) is 34.7 Å². The SMILES string of the molecule is Cc1ccc(C)c(-n2c(C)nnc2SCC(=O)N(Cc2cccnc2)C2CC2)c1. The van der Waals surface area contributed by atoms with Crippen LogP contribution in [-0.4, -0.2) is 42.4 Å². The van der Waals surface area contributed by atoms with E-state index in [2.05, 4.69) is 47.2 Å². The molecule has 0 radical (unpaired) electrons. The number of aryl methyl sites for hydroxylation is 3. The van der Waals surface area contributed by atoms with Crippen molar-refractivity contribution in [2.24, 2.45) is 0 Å². The van der Waals surface area contributed by atoms with Crippen LogP contribution in [0.4, 0.5) is 0 Å². The minimum atomic E-state index is 0.134. The lowest BCUT2D eigenvalue weighted by Crippen LogP contribution is -2.34. The monoisotopic (exact) mass is 407 g/mol. The second-order valence-electron chi connectivity index (χ2n) is 7.56. The van der Waals surface area contributed by atoms with Crippen molar-refractivity contribution in [1.29, 1.82) is 0 Å². The summed E-state index contributed by atoms with van der Waals surface area (Å²) in [5.41, 5.74) is 4.47. The van der Waals surface area contributed by atoms with Gasteiger partial charge in [0.05, 0.1) is 11.4 Å². The van der Waals surface area contributed by atoms with Gasteiger partial charge in [0, 0.05) is 25.0 Å². The molecule has 6 nitrogen and oxygen atoms in total. The molecule has 150 valence electrons. The van der Waals surface area contributed by atoms with Gasteiger partial charge in [-0.25, -0.2) is 0 Å². The van der Waals surface area contributed by atoms with Crippen LogP contribution >= 0.6 is 11.8 Å². The zero-order valence-corrected chi connectivity index (χ0v) is 17.8. The second kappa shape index (κ2) is 8.37. The average molecular weight is 408 g/mol. The number of hydrogen-bond acceptors (Lipinski definition) is 5. The summed E-state index contributed by atoms with van der Waals surface area (Å²) in [6, 6.07) is 10.6. The van der Waals surface area contributed by atoms with E-state index in [-0.39, 0.29) is 5.91 Å². The first kappa shape index (κ1) is 19.6. The third kappa shape index (κ3) is 4.50. The number of thioether (sulfide) groups is 1. The number of carbonyl (C=O) groups is 1. The van der Waals surface area contributed by atoms with Crippen molar-refractivity contribution >= 4 is 17.7 Å². The first-order chi connectivity index (χ1) is 14.0. The molecule has 0 aliphatic heterocycles. The van der Waals surface area contributed by atoms with E-state index in [4.69, 9.17) is 0 Å². The summed E-state index contributed by atoms with van der Waals surface area (Å²) >= 11 is 1.45. The summed E-state index contributed by atoms with van der Waals surface area (Å²) in [4.78, 5) is 19.2. The zero-order valence-electron chi connectivity index (χ0n) is 17.0. The van der Waals surface area contributed by atoms with Gasteiger partial charge >= 0.3 is 0 Å². The Morgan fingerprint density at radius 2 is 2.03 bits per heavy atom. The first-order valence-electron chi connectivity index (χ1n) is 9.84. The molecule has 0 saturated heterocycles. The number of rotatable bonds is 7. The molecule has 1 aliphatic rings. The van der Waals surface area contributed by atoms with Crippen molar-refractivity contribution in [3.63, 3.8) is 0 Å². The number of hydrogen-bond donors (Lipinski definition) is 0. The lowest BCUT2D eigenvalue weighted by atomic mass is 10.1. The molecule has 2 heterocycles. The second-order valence-corrected chi connectivity index (χ2v) is 8.50. The van der Waals surface area contributed by atoms with Crippen molar-refractivity contribution < 1.29 is 4.79 Å². The maximum absolute atomic E-state index is 13.0. The van der Waals surface area contributed by atoms with Crippen LogP contribution in [0.15, 0.2) is 47.9 Å². The molecule has 0 unspecified atom stereocenters. The fourth-order valence-corrected chi connectivity index (χ4v) is 4.26. The van der Waals surface area contributed by atoms with E-state index < -0.39 is 0 Å². The fraction of sp³-hybridized carbons (Fsp3) is 0.364. The largest absolute Gasteiger partial charge is 0.335 e. The highest BCUT2D eigenvalue weighted by molar-refractivity contribution is 7.99. The Balaban J connectivity index is 1.50. The third-order valence-corrected chi connectivity index (χ3v) is 6.02. The summed E-state index contributed by atoms with van der Waals surface area (Å²) in [6.07, 6.45) is 5.74. The van der Waals surface area contributed by atoms with E-state index in [1.54, 1.807) is 6.20 Å². The predicted octanol–water partition coefficient (Wildman–Crippen LogP) is 3.87. The summed E-state index contributed by atoms with van der Waals surface area (Å²) in [7, 11) is 0. The van der Waals surface area contributed by atoms with Gasteiger partial charge in [-0.15, -0.1) is 10.2 Å². The Labute approximate surface area is 175 Å². The standard InChI is InChI=1S/C22H25N5OS/c1-15-6-7-16(2)20(11-15)27-17(3)24-25-22(27)29-14-21(28)26(19-8-9-19)13-18-5-4-10-23-12-18/h4-7,10-12,19H,8-9,13-14H2,1-3H3. The Bertz CT molecular complexity index is 1010. The van der Waals surface area contributed by atoms with Crippen LogP contribution in [0.25, 0.3) is 5.69 Å². The molecule has 0 atom stereocenters. The molecule has 1 aromatic carbocycles. The van der Waals surface area contributed by atoms with Crippen molar-refractivity contribution in [2.75, 3.05) is 5.75 Å². The molecule has 1 fully saturated rings. The minimum Gasteiger partial charge on any atom is -0.335 e. The third-order valence-electron chi connectivity index (χ3n) is 5.11. The maximum atomic E-state index is 13.0. The van der Waals surface area contributed by atoms with Gasteiger partial charge in [0.2, 0.25) is 5.91 Å². The highest BCUT2D eigenvalue weighted by Gasteiger charge is 2.32. The molecule has 4 rings (SSSR count). The summed E-state index contributed by atoms with van der Waals surface area (Å²) in [5, 5.41) is 9.35. The van der Waals surface area contributed by atoms with E-state index in [9.17, 15) is 4.79 Å². The lowest BCUT2D eigenvalue weighted by molar-refractivity contribution is -0.129. The normalized spacial score (nSPS) is 13.5. The number of aromatic nitrogens is 4. The van der Waals surface area contributed by atoms with E-state index in [0.29, 0.717) is 18.3 Å². The van der Waals surface area contributed by atoms with Gasteiger partial charge in [-0.3, -0.25) is 14.3 Å². The van der Waals surface area contributed by atoms with Crippen LogP contribution < -0.4 is 0 Å². The topological polar surface area (TPSA) is 63.9 Å². The van der Waals surface area contributed by atoms with Crippen LogP contribution in [0.1, 0.15) is 35.4 Å². The van der Waals surface area contributed by atoms with Crippen molar-refractivity contribution in [1.82, 2.24) is 24.6 Å². The Kier molecular flexibility index (Phi) is 5.67. The predicted molar refractivity (Wildman–Crippen MR) is 114 cm³/mol. The molecule has 0 N–H and O–H groups in total. The summed E-state index contributed by atoms with van der Waals surface area (Å²) in [6.45, 7) is 6.71. The van der Waals surface area contributed by atoms with Gasteiger partial charge < -0.3 is 4.90 Å². The number of amides is 1. The van der Waals surface area contributed by atoms with Gasteiger partial charge in [0.25, 0.3) is 0 Å². The average Bonchev–Trinajstić information content (AvgIpc) is 3.50. The number of carbonyl (C=O) groups excluding carboxylic acids is 1. The van der Waals surface area contributed by atoms with Crippen molar-refractivity contribution in [2.45, 2.75) is 51.4 Å². The maximum Gasteiger partial charge on any atom is 0.233 e. The van der Waals surface area contributed by atoms with Gasteiger partial charge in [-0.1, -0.05) is 30.0 Å². The molecular formula is C22H25N5OS. The van der Waals surface area contributed by atoms with Crippen LogP contribution in [0.3, 0.4) is 0 Å². The smallest absolute Gasteiger partial charge is 0.233 e. The molecule has 0 spiro atoms. The zero-order chi connectivity index (χ0) is 20.4. The Hall–Kier alpha value is -2.67. The molecule has 1 amide bonds. The number of nitrogens with zero attached hydrogens (tertiary/aromatic N) is 5. The highest BCUT2D eigenvalue weighted by Crippen LogP contribution is 2.30. The van der Waals surface area contributed by atoms with Gasteiger partial charge in [-0.05, 0) is 62.4 Å². The molecule has 0 bridgehead atoms. The quantitative estimate of drug-likeness (QED) is 0.556. The summed E-state index contributed by atoms with van der Waals surface area (Å²) in [5.74, 6) is 1.30. The number of pyridine rings is 1. The Morgan fingerprint density at radius 1 is 1.21 bits per heavy atom. The molecule has 1 aliphatic carbocycles. The molecule has 3 aromatic rings. The van der Waals surface area contributed by atoms with Crippen LogP contribution in [0.5, 0.6) is 0 Å². The lowest BCUT2D eigenvalue weighted by Gasteiger charge is -2.22. The van der Waals surface area contributed by atoms with E-state index >= 15 is 0 Å². The molecule has 7 heteroatoms. The van der Waals surface area contributed by atoms with Crippen LogP contribution in [0, 0.1) is 20.8 Å². The van der Waals surface area contributed by atoms with Crippen LogP contribution in [0.2, 0.25) is 0 Å². The molecular weight excluding hydrogens is 382 g/mol. The minimum absolute atomic E-state index is 0.134. The Morgan fingerprint density at radius 3 is 2.76 bits per heavy atom. The summed E-state index contributed by atoms with van der Waals surface area (Å²) < 4.78 is 2.04. The van der Waals surface area contributed by atoms with E-state index in [0.717, 1.165) is 40.6 Å². The number of benzene rings is 1. The van der Waals surface area contributed by atoms with E-state index in [1.165, 1.54) is 17.3 Å². The first-order valence-corrected chi connectivity index (χ1v) is 10.8. The molecule has 1 saturated carbocycles. The van der Waals surface area contributed by atoms with Crippen molar-refractivity contribution in [3.8, 4) is 5.69 Å². The fourth-order valence-electron chi connectivity index (χ4n) is 3.38. The highest BCUT2D eigenvalue weighted by atomic mass is 32.2. The van der Waals surface area contributed by atoms with Crippen molar-refractivity contribution in [3.05, 3.63) is 65.2 Å². The van der Waals surface area contributed by atoms with Gasteiger partial charge in [0.1, 0.15) is 5.82 Å². The van der Waals surface area contributed by atoms with Crippen LogP contribution in [-0.2, 0) is 11.3 Å². The van der Waals surface area contributed by atoms with Gasteiger partial charge in [-0.2, -0.15) is 0 Å². The molecule has 2 aromatic heterocycles. The van der Waals surface area contributed by atoms with Gasteiger partial charge in [0.15, 0.2) is 5.16 Å². The molecule has 29 heavy (non-hydrogen) atoms.